The first-order valence-corrected chi connectivity index (χ1v) is 4.80. The minimum absolute atomic E-state index is 0.509. The number of carboxylic acid groups (broad SMARTS) is 1. The Morgan fingerprint density at radius 1 is 1.38 bits per heavy atom. The highest BCUT2D eigenvalue weighted by atomic mass is 16.6. The van der Waals surface area contributed by atoms with Gasteiger partial charge in [0.25, 0.3) is 0 Å². The summed E-state index contributed by atoms with van der Waals surface area (Å²) >= 11 is 0. The third-order valence-corrected chi connectivity index (χ3v) is 2.01. The van der Waals surface area contributed by atoms with Gasteiger partial charge in [-0.3, -0.25) is 4.84 Å². The van der Waals surface area contributed by atoms with E-state index < -0.39 is 12.1 Å². The van der Waals surface area contributed by atoms with Crippen LogP contribution in [0.15, 0.2) is 0 Å². The molecule has 0 aliphatic carbocycles. The van der Waals surface area contributed by atoms with Crippen LogP contribution in [0.25, 0.3) is 0 Å². The zero-order valence-electron chi connectivity index (χ0n) is 8.16. The minimum Gasteiger partial charge on any atom is -0.479 e. The quantitative estimate of drug-likeness (QED) is 0.450. The molecule has 1 unspecified atom stereocenters. The van der Waals surface area contributed by atoms with Crippen molar-refractivity contribution in [3.8, 4) is 0 Å². The van der Waals surface area contributed by atoms with Gasteiger partial charge in [-0.1, -0.05) is 39.0 Å². The van der Waals surface area contributed by atoms with Crippen LogP contribution in [0, 0.1) is 0 Å². The second-order valence-corrected chi connectivity index (χ2v) is 3.17. The first kappa shape index (κ1) is 12.4. The number of rotatable bonds is 8. The Bertz CT molecular complexity index is 139. The highest BCUT2D eigenvalue weighted by Crippen LogP contribution is 2.08. The molecule has 0 bridgehead atoms. The van der Waals surface area contributed by atoms with Crippen LogP contribution in [0.5, 0.6) is 0 Å². The Labute approximate surface area is 79.0 Å². The lowest BCUT2D eigenvalue weighted by molar-refractivity contribution is -0.151. The highest BCUT2D eigenvalue weighted by molar-refractivity contribution is 5.72. The molecule has 0 aromatic rings. The smallest absolute Gasteiger partial charge is 0.334 e. The minimum atomic E-state index is -0.974. The fourth-order valence-electron chi connectivity index (χ4n) is 1.18. The maximum absolute atomic E-state index is 10.4. The largest absolute Gasteiger partial charge is 0.479 e. The van der Waals surface area contributed by atoms with Crippen molar-refractivity contribution in [2.75, 3.05) is 0 Å². The third kappa shape index (κ3) is 6.54. The van der Waals surface area contributed by atoms with Crippen LogP contribution in [-0.2, 0) is 9.63 Å². The van der Waals surface area contributed by atoms with Crippen LogP contribution in [0.4, 0.5) is 0 Å². The van der Waals surface area contributed by atoms with Gasteiger partial charge in [0.1, 0.15) is 0 Å². The Balaban J connectivity index is 3.33. The molecular formula is C9H19NO3. The Hall–Kier alpha value is -0.610. The maximum atomic E-state index is 10.4. The molecule has 0 heterocycles. The van der Waals surface area contributed by atoms with Crippen molar-refractivity contribution in [3.05, 3.63) is 0 Å². The number of carboxylic acids is 1. The molecule has 0 saturated heterocycles. The lowest BCUT2D eigenvalue weighted by Gasteiger charge is -2.08. The molecule has 0 aliphatic rings. The number of aliphatic carboxylic acids is 1. The van der Waals surface area contributed by atoms with Crippen molar-refractivity contribution in [1.29, 1.82) is 0 Å². The molecule has 0 fully saturated rings. The molecule has 3 N–H and O–H groups in total. The van der Waals surface area contributed by atoms with E-state index in [4.69, 9.17) is 11.0 Å². The molecule has 78 valence electrons. The van der Waals surface area contributed by atoms with Gasteiger partial charge >= 0.3 is 5.97 Å². The topological polar surface area (TPSA) is 72.5 Å². The highest BCUT2D eigenvalue weighted by Gasteiger charge is 2.15. The van der Waals surface area contributed by atoms with Crippen LogP contribution in [0.1, 0.15) is 45.4 Å². The third-order valence-electron chi connectivity index (χ3n) is 2.01. The van der Waals surface area contributed by atoms with E-state index in [0.717, 1.165) is 19.3 Å². The Morgan fingerprint density at radius 3 is 2.46 bits per heavy atom. The maximum Gasteiger partial charge on any atom is 0.334 e. The Morgan fingerprint density at radius 2 is 2.00 bits per heavy atom. The summed E-state index contributed by atoms with van der Waals surface area (Å²) in [5.74, 6) is 3.86. The lowest BCUT2D eigenvalue weighted by Crippen LogP contribution is -2.26. The molecule has 1 atom stereocenters. The second-order valence-electron chi connectivity index (χ2n) is 3.17. The number of unbranched alkanes of at least 4 members (excludes halogenated alkanes) is 4. The van der Waals surface area contributed by atoms with E-state index in [9.17, 15) is 4.79 Å². The normalized spacial score (nSPS) is 12.8. The van der Waals surface area contributed by atoms with Gasteiger partial charge in [0.2, 0.25) is 0 Å². The summed E-state index contributed by atoms with van der Waals surface area (Å²) in [6, 6.07) is 0. The van der Waals surface area contributed by atoms with Crippen LogP contribution >= 0.6 is 0 Å². The molecule has 13 heavy (non-hydrogen) atoms. The molecule has 4 heteroatoms. The van der Waals surface area contributed by atoms with Crippen molar-refractivity contribution in [1.82, 2.24) is 0 Å². The molecule has 0 radical (unpaired) electrons. The summed E-state index contributed by atoms with van der Waals surface area (Å²) in [5, 5.41) is 8.57. The summed E-state index contributed by atoms with van der Waals surface area (Å²) in [5.41, 5.74) is 0. The predicted octanol–water partition coefficient (Wildman–Crippen LogP) is 1.69. The van der Waals surface area contributed by atoms with Crippen molar-refractivity contribution < 1.29 is 14.7 Å². The average molecular weight is 189 g/mol. The van der Waals surface area contributed by atoms with Crippen LogP contribution in [-0.4, -0.2) is 17.2 Å². The van der Waals surface area contributed by atoms with Gasteiger partial charge in [0.05, 0.1) is 0 Å². The van der Waals surface area contributed by atoms with Crippen molar-refractivity contribution in [2.45, 2.75) is 51.6 Å². The number of hydrogen-bond acceptors (Lipinski definition) is 3. The molecule has 0 aromatic heterocycles. The van der Waals surface area contributed by atoms with E-state index in [-0.39, 0.29) is 0 Å². The zero-order valence-corrected chi connectivity index (χ0v) is 8.16. The van der Waals surface area contributed by atoms with Crippen LogP contribution < -0.4 is 5.90 Å². The van der Waals surface area contributed by atoms with E-state index in [1.807, 2.05) is 0 Å². The van der Waals surface area contributed by atoms with Gasteiger partial charge in [-0.15, -0.1) is 0 Å². The number of nitrogens with two attached hydrogens (primary N) is 1. The van der Waals surface area contributed by atoms with E-state index in [1.54, 1.807) is 0 Å². The van der Waals surface area contributed by atoms with E-state index >= 15 is 0 Å². The van der Waals surface area contributed by atoms with Crippen LogP contribution in [0.3, 0.4) is 0 Å². The molecule has 0 saturated carbocycles. The molecule has 0 spiro atoms. The summed E-state index contributed by atoms with van der Waals surface area (Å²) in [7, 11) is 0. The average Bonchev–Trinajstić information content (AvgIpc) is 2.10. The summed E-state index contributed by atoms with van der Waals surface area (Å²) in [6.07, 6.45) is 5.16. The zero-order chi connectivity index (χ0) is 10.1. The van der Waals surface area contributed by atoms with Gasteiger partial charge in [-0.25, -0.2) is 10.7 Å². The molecule has 0 aromatic carbocycles. The molecule has 4 nitrogen and oxygen atoms in total. The van der Waals surface area contributed by atoms with Gasteiger partial charge in [0.15, 0.2) is 6.10 Å². The molecule has 0 aliphatic heterocycles. The van der Waals surface area contributed by atoms with E-state index in [2.05, 4.69) is 11.8 Å². The van der Waals surface area contributed by atoms with E-state index in [1.165, 1.54) is 12.8 Å². The van der Waals surface area contributed by atoms with Crippen molar-refractivity contribution in [2.24, 2.45) is 5.90 Å². The van der Waals surface area contributed by atoms with Crippen LogP contribution in [0.2, 0.25) is 0 Å². The summed E-state index contributed by atoms with van der Waals surface area (Å²) in [4.78, 5) is 14.8. The molecular weight excluding hydrogens is 170 g/mol. The van der Waals surface area contributed by atoms with E-state index in [0.29, 0.717) is 6.42 Å². The SMILES string of the molecule is CCCCCCCC(ON)C(=O)O. The number of hydrogen-bond donors (Lipinski definition) is 2. The van der Waals surface area contributed by atoms with Crippen molar-refractivity contribution in [3.63, 3.8) is 0 Å². The summed E-state index contributed by atoms with van der Waals surface area (Å²) in [6.45, 7) is 2.14. The van der Waals surface area contributed by atoms with Gasteiger partial charge in [-0.05, 0) is 6.42 Å². The lowest BCUT2D eigenvalue weighted by atomic mass is 10.1. The monoisotopic (exact) mass is 189 g/mol. The summed E-state index contributed by atoms with van der Waals surface area (Å²) < 4.78 is 0. The van der Waals surface area contributed by atoms with Crippen molar-refractivity contribution >= 4 is 5.97 Å². The first-order valence-electron chi connectivity index (χ1n) is 4.80. The first-order chi connectivity index (χ1) is 6.22. The molecule has 0 amide bonds. The predicted molar refractivity (Wildman–Crippen MR) is 50.1 cm³/mol. The Kier molecular flexibility index (Phi) is 7.63. The number of carbonyl (C=O) groups is 1. The van der Waals surface area contributed by atoms with Gasteiger partial charge < -0.3 is 5.11 Å². The fourth-order valence-corrected chi connectivity index (χ4v) is 1.18. The van der Waals surface area contributed by atoms with Gasteiger partial charge in [-0.2, -0.15) is 0 Å². The fraction of sp³-hybridized carbons (Fsp3) is 0.889. The second kappa shape index (κ2) is 8.01. The molecule has 0 rings (SSSR count). The van der Waals surface area contributed by atoms with Gasteiger partial charge in [0, 0.05) is 0 Å². The standard InChI is InChI=1S/C9H19NO3/c1-2-3-4-5-6-7-8(13-10)9(11)12/h8H,2-7,10H2,1H3,(H,11,12).